The lowest BCUT2D eigenvalue weighted by Crippen LogP contribution is -2.29. The molecule has 2 heterocycles. The van der Waals surface area contributed by atoms with Crippen molar-refractivity contribution in [3.63, 3.8) is 0 Å². The van der Waals surface area contributed by atoms with Gasteiger partial charge in [0.1, 0.15) is 0 Å². The minimum Gasteiger partial charge on any atom is -0.306 e. The fraction of sp³-hybridized carbons (Fsp3) is 0.643. The molecular weight excluding hydrogens is 196 g/mol. The molecule has 1 aliphatic rings. The first kappa shape index (κ1) is 13.2. The van der Waals surface area contributed by atoms with E-state index in [1.807, 2.05) is 13.8 Å². The maximum Gasteiger partial charge on any atom is 0.0438 e. The Morgan fingerprint density at radius 1 is 1.19 bits per heavy atom. The van der Waals surface area contributed by atoms with Crippen LogP contribution in [0.25, 0.3) is 0 Å². The molecule has 1 aliphatic heterocycles. The second kappa shape index (κ2) is 6.64. The predicted molar refractivity (Wildman–Crippen MR) is 69.8 cm³/mol. The Hall–Kier alpha value is -0.890. The fourth-order valence-electron chi connectivity index (χ4n) is 2.10. The first-order chi connectivity index (χ1) is 7.75. The van der Waals surface area contributed by atoms with Crippen LogP contribution in [0.1, 0.15) is 44.0 Å². The highest BCUT2D eigenvalue weighted by Gasteiger charge is 2.18. The molecule has 0 bridgehead atoms. The predicted octanol–water partition coefficient (Wildman–Crippen LogP) is 3.23. The van der Waals surface area contributed by atoms with E-state index in [-0.39, 0.29) is 0 Å². The van der Waals surface area contributed by atoms with Crippen molar-refractivity contribution >= 4 is 0 Å². The van der Waals surface area contributed by atoms with E-state index in [0.717, 1.165) is 5.69 Å². The van der Waals surface area contributed by atoms with Crippen molar-refractivity contribution in [3.05, 3.63) is 29.6 Å². The Bertz CT molecular complexity index is 301. The number of likely N-dealkylation sites (tertiary alicyclic amines) is 1. The maximum absolute atomic E-state index is 4.60. The summed E-state index contributed by atoms with van der Waals surface area (Å²) in [5.74, 6) is 0.686. The quantitative estimate of drug-likeness (QED) is 0.722. The molecule has 2 rings (SSSR count). The van der Waals surface area contributed by atoms with Crippen molar-refractivity contribution < 1.29 is 0 Å². The van der Waals surface area contributed by atoms with Gasteiger partial charge in [-0.25, -0.2) is 0 Å². The summed E-state index contributed by atoms with van der Waals surface area (Å²) in [7, 11) is 2.19. The van der Waals surface area contributed by atoms with Crippen molar-refractivity contribution in [2.45, 2.75) is 39.5 Å². The monoisotopic (exact) mass is 220 g/mol. The number of aromatic nitrogens is 1. The summed E-state index contributed by atoms with van der Waals surface area (Å²) < 4.78 is 0. The van der Waals surface area contributed by atoms with Crippen LogP contribution < -0.4 is 0 Å². The van der Waals surface area contributed by atoms with Crippen LogP contribution in [-0.4, -0.2) is 30.0 Å². The molecule has 16 heavy (non-hydrogen) atoms. The second-order valence-corrected chi connectivity index (χ2v) is 4.28. The molecule has 0 amide bonds. The molecule has 90 valence electrons. The number of nitrogens with zero attached hydrogens (tertiary/aromatic N) is 2. The van der Waals surface area contributed by atoms with Gasteiger partial charge in [-0.2, -0.15) is 0 Å². The van der Waals surface area contributed by atoms with Gasteiger partial charge in [0.05, 0.1) is 0 Å². The van der Waals surface area contributed by atoms with Gasteiger partial charge in [-0.15, -0.1) is 0 Å². The minimum atomic E-state index is 0.686. The summed E-state index contributed by atoms with van der Waals surface area (Å²) in [5.41, 5.74) is 2.43. The molecule has 0 aromatic carbocycles. The van der Waals surface area contributed by atoms with Gasteiger partial charge < -0.3 is 4.90 Å². The van der Waals surface area contributed by atoms with E-state index in [0.29, 0.717) is 5.92 Å². The molecule has 1 saturated heterocycles. The third kappa shape index (κ3) is 3.60. The molecule has 0 radical (unpaired) electrons. The van der Waals surface area contributed by atoms with Gasteiger partial charge in [0.2, 0.25) is 0 Å². The molecule has 1 aromatic rings. The lowest BCUT2D eigenvalue weighted by molar-refractivity contribution is 0.253. The summed E-state index contributed by atoms with van der Waals surface area (Å²) in [5, 5.41) is 0. The molecule has 0 N–H and O–H groups in total. The molecule has 0 atom stereocenters. The minimum absolute atomic E-state index is 0.686. The highest BCUT2D eigenvalue weighted by molar-refractivity contribution is 5.14. The molecular formula is C14H24N2. The van der Waals surface area contributed by atoms with Gasteiger partial charge >= 0.3 is 0 Å². The molecule has 2 heteroatoms. The summed E-state index contributed by atoms with van der Waals surface area (Å²) in [4.78, 5) is 7.00. The second-order valence-electron chi connectivity index (χ2n) is 4.28. The van der Waals surface area contributed by atoms with Crippen molar-refractivity contribution in [1.82, 2.24) is 9.88 Å². The maximum atomic E-state index is 4.60. The van der Waals surface area contributed by atoms with Crippen molar-refractivity contribution in [2.24, 2.45) is 0 Å². The van der Waals surface area contributed by atoms with Crippen LogP contribution in [0.2, 0.25) is 0 Å². The largest absolute Gasteiger partial charge is 0.306 e. The third-order valence-corrected chi connectivity index (χ3v) is 3.05. The number of rotatable bonds is 1. The first-order valence-corrected chi connectivity index (χ1v) is 6.38. The Balaban J connectivity index is 0.000000606. The molecule has 0 unspecified atom stereocenters. The lowest BCUT2D eigenvalue weighted by atomic mass is 9.93. The van der Waals surface area contributed by atoms with Crippen LogP contribution in [0.4, 0.5) is 0 Å². The van der Waals surface area contributed by atoms with Crippen LogP contribution in [0.5, 0.6) is 0 Å². The van der Waals surface area contributed by atoms with E-state index in [1.54, 1.807) is 0 Å². The van der Waals surface area contributed by atoms with Crippen LogP contribution in [0.3, 0.4) is 0 Å². The van der Waals surface area contributed by atoms with E-state index in [1.165, 1.54) is 31.6 Å². The number of hydrogen-bond donors (Lipinski definition) is 0. The normalized spacial score (nSPS) is 17.8. The van der Waals surface area contributed by atoms with Crippen molar-refractivity contribution in [3.8, 4) is 0 Å². The van der Waals surface area contributed by atoms with Crippen LogP contribution in [-0.2, 0) is 0 Å². The summed E-state index contributed by atoms with van der Waals surface area (Å²) in [6.45, 7) is 8.49. The van der Waals surface area contributed by atoms with E-state index < -0.39 is 0 Å². The number of pyridine rings is 1. The van der Waals surface area contributed by atoms with E-state index >= 15 is 0 Å². The molecule has 0 saturated carbocycles. The first-order valence-electron chi connectivity index (χ1n) is 6.38. The van der Waals surface area contributed by atoms with E-state index in [2.05, 4.69) is 42.1 Å². The van der Waals surface area contributed by atoms with Crippen molar-refractivity contribution in [2.75, 3.05) is 20.1 Å². The van der Waals surface area contributed by atoms with Gasteiger partial charge in [-0.05, 0) is 52.0 Å². The average molecular weight is 220 g/mol. The highest BCUT2D eigenvalue weighted by atomic mass is 15.1. The van der Waals surface area contributed by atoms with Crippen LogP contribution >= 0.6 is 0 Å². The Morgan fingerprint density at radius 2 is 1.81 bits per heavy atom. The third-order valence-electron chi connectivity index (χ3n) is 3.05. The van der Waals surface area contributed by atoms with Gasteiger partial charge in [0.25, 0.3) is 0 Å². The van der Waals surface area contributed by atoms with Gasteiger partial charge in [0, 0.05) is 17.3 Å². The number of aryl methyl sites for hydroxylation is 1. The standard InChI is InChI=1S/C12H18N2.C2H6/c1-10-4-3-5-12(13-10)11-6-8-14(2)9-7-11;1-2/h3-5,11H,6-9H2,1-2H3;1-2H3. The van der Waals surface area contributed by atoms with Crippen LogP contribution in [0, 0.1) is 6.92 Å². The smallest absolute Gasteiger partial charge is 0.0438 e. The summed E-state index contributed by atoms with van der Waals surface area (Å²) >= 11 is 0. The van der Waals surface area contributed by atoms with Gasteiger partial charge in [-0.3, -0.25) is 4.98 Å². The van der Waals surface area contributed by atoms with Gasteiger partial charge in [-0.1, -0.05) is 19.9 Å². The van der Waals surface area contributed by atoms with Crippen molar-refractivity contribution in [1.29, 1.82) is 0 Å². The Morgan fingerprint density at radius 3 is 2.38 bits per heavy atom. The zero-order chi connectivity index (χ0) is 12.0. The summed E-state index contributed by atoms with van der Waals surface area (Å²) in [6, 6.07) is 6.36. The fourth-order valence-corrected chi connectivity index (χ4v) is 2.10. The highest BCUT2D eigenvalue weighted by Crippen LogP contribution is 2.25. The van der Waals surface area contributed by atoms with E-state index in [9.17, 15) is 0 Å². The molecule has 1 aromatic heterocycles. The molecule has 0 aliphatic carbocycles. The molecule has 1 fully saturated rings. The SMILES string of the molecule is CC.Cc1cccc(C2CCN(C)CC2)n1. The summed E-state index contributed by atoms with van der Waals surface area (Å²) in [6.07, 6.45) is 2.51. The molecule has 2 nitrogen and oxygen atoms in total. The van der Waals surface area contributed by atoms with E-state index in [4.69, 9.17) is 0 Å². The topological polar surface area (TPSA) is 16.1 Å². The lowest BCUT2D eigenvalue weighted by Gasteiger charge is -2.28. The number of piperidine rings is 1. The zero-order valence-electron chi connectivity index (χ0n) is 11.0. The average Bonchev–Trinajstić information content (AvgIpc) is 2.32. The zero-order valence-corrected chi connectivity index (χ0v) is 11.0. The van der Waals surface area contributed by atoms with Gasteiger partial charge in [0.15, 0.2) is 0 Å². The Labute approximate surface area is 99.7 Å². The number of hydrogen-bond acceptors (Lipinski definition) is 2. The van der Waals surface area contributed by atoms with Crippen LogP contribution in [0.15, 0.2) is 18.2 Å². The molecule has 0 spiro atoms. The Kier molecular flexibility index (Phi) is 5.47.